The number of hydrogen-bond acceptors (Lipinski definition) is 3. The van der Waals surface area contributed by atoms with Crippen LogP contribution in [-0.4, -0.2) is 10.9 Å². The monoisotopic (exact) mass is 151 g/mol. The van der Waals surface area contributed by atoms with Crippen molar-refractivity contribution >= 4 is 11.6 Å². The normalized spacial score (nSPS) is 9.55. The molecule has 0 spiro atoms. The molecule has 1 aromatic rings. The summed E-state index contributed by atoms with van der Waals surface area (Å²) >= 11 is 0. The highest BCUT2D eigenvalue weighted by atomic mass is 16.1. The zero-order valence-corrected chi connectivity index (χ0v) is 6.16. The highest BCUT2D eigenvalue weighted by Crippen LogP contribution is 2.12. The molecule has 0 aliphatic carbocycles. The van der Waals surface area contributed by atoms with Crippen molar-refractivity contribution in [3.63, 3.8) is 0 Å². The summed E-state index contributed by atoms with van der Waals surface area (Å²) in [6, 6.07) is 0. The van der Waals surface area contributed by atoms with E-state index in [2.05, 4.69) is 4.98 Å². The Morgan fingerprint density at radius 3 is 2.55 bits per heavy atom. The number of pyridine rings is 1. The van der Waals surface area contributed by atoms with Crippen molar-refractivity contribution in [1.82, 2.24) is 4.98 Å². The smallest absolute Gasteiger partial charge is 0.251 e. The van der Waals surface area contributed by atoms with E-state index >= 15 is 0 Å². The summed E-state index contributed by atoms with van der Waals surface area (Å²) < 4.78 is 0. The number of nitrogen functional groups attached to an aromatic ring is 1. The molecule has 4 nitrogen and oxygen atoms in total. The van der Waals surface area contributed by atoms with E-state index in [1.807, 2.05) is 0 Å². The van der Waals surface area contributed by atoms with Crippen molar-refractivity contribution in [1.29, 1.82) is 0 Å². The van der Waals surface area contributed by atoms with Crippen LogP contribution >= 0.6 is 0 Å². The van der Waals surface area contributed by atoms with Crippen LogP contribution in [0.1, 0.15) is 15.9 Å². The largest absolute Gasteiger partial charge is 0.397 e. The van der Waals surface area contributed by atoms with Gasteiger partial charge in [-0.2, -0.15) is 0 Å². The molecule has 1 aromatic heterocycles. The molecular weight excluding hydrogens is 142 g/mol. The van der Waals surface area contributed by atoms with Gasteiger partial charge in [0.2, 0.25) is 0 Å². The van der Waals surface area contributed by atoms with Gasteiger partial charge in [-0.25, -0.2) is 0 Å². The van der Waals surface area contributed by atoms with Gasteiger partial charge in [-0.05, 0) is 12.5 Å². The second-order valence-electron chi connectivity index (χ2n) is 2.28. The number of amides is 1. The predicted octanol–water partition coefficient (Wildman–Crippen LogP) is 0.0711. The first kappa shape index (κ1) is 7.53. The molecule has 0 aliphatic heterocycles. The van der Waals surface area contributed by atoms with Gasteiger partial charge in [0.05, 0.1) is 17.4 Å². The Balaban J connectivity index is 3.32. The van der Waals surface area contributed by atoms with E-state index in [0.717, 1.165) is 0 Å². The molecule has 0 bridgehead atoms. The number of primary amides is 1. The summed E-state index contributed by atoms with van der Waals surface area (Å²) in [5.74, 6) is -0.512. The van der Waals surface area contributed by atoms with Crippen molar-refractivity contribution in [3.05, 3.63) is 23.5 Å². The van der Waals surface area contributed by atoms with Gasteiger partial charge in [0.15, 0.2) is 0 Å². The quantitative estimate of drug-likeness (QED) is 0.595. The summed E-state index contributed by atoms with van der Waals surface area (Å²) in [6.45, 7) is 1.74. The zero-order valence-electron chi connectivity index (χ0n) is 6.16. The maximum atomic E-state index is 10.8. The zero-order chi connectivity index (χ0) is 8.43. The van der Waals surface area contributed by atoms with E-state index in [-0.39, 0.29) is 0 Å². The fraction of sp³-hybridized carbons (Fsp3) is 0.143. The van der Waals surface area contributed by atoms with E-state index in [1.165, 1.54) is 6.20 Å². The van der Waals surface area contributed by atoms with Crippen LogP contribution in [0.2, 0.25) is 0 Å². The van der Waals surface area contributed by atoms with Gasteiger partial charge in [0.25, 0.3) is 5.91 Å². The Hall–Kier alpha value is -1.58. The van der Waals surface area contributed by atoms with Crippen LogP contribution < -0.4 is 11.5 Å². The summed E-state index contributed by atoms with van der Waals surface area (Å²) in [5.41, 5.74) is 11.9. The number of hydrogen-bond donors (Lipinski definition) is 2. The first-order valence-corrected chi connectivity index (χ1v) is 3.13. The number of carbonyl (C=O) groups is 1. The summed E-state index contributed by atoms with van der Waals surface area (Å²) in [4.78, 5) is 14.6. The number of nitrogens with two attached hydrogens (primary N) is 2. The van der Waals surface area contributed by atoms with Gasteiger partial charge in [-0.15, -0.1) is 0 Å². The molecule has 0 saturated heterocycles. The minimum absolute atomic E-state index is 0.331. The standard InChI is InChI=1S/C7H9N3O/c1-4-2-10-3-5(8)6(4)7(9)11/h2-3H,8H2,1H3,(H2,9,11). The fourth-order valence-electron chi connectivity index (χ4n) is 0.923. The lowest BCUT2D eigenvalue weighted by Crippen LogP contribution is -2.15. The summed E-state index contributed by atoms with van der Waals surface area (Å²) in [7, 11) is 0. The van der Waals surface area contributed by atoms with Gasteiger partial charge in [0, 0.05) is 6.20 Å². The molecule has 11 heavy (non-hydrogen) atoms. The van der Waals surface area contributed by atoms with E-state index in [4.69, 9.17) is 11.5 Å². The molecule has 1 amide bonds. The fourth-order valence-corrected chi connectivity index (χ4v) is 0.923. The van der Waals surface area contributed by atoms with Crippen LogP contribution in [0.5, 0.6) is 0 Å². The van der Waals surface area contributed by atoms with Crippen LogP contribution in [0.25, 0.3) is 0 Å². The number of anilines is 1. The van der Waals surface area contributed by atoms with E-state index in [0.29, 0.717) is 16.8 Å². The molecule has 1 rings (SSSR count). The lowest BCUT2D eigenvalue weighted by atomic mass is 10.1. The Morgan fingerprint density at radius 2 is 2.18 bits per heavy atom. The Bertz CT molecular complexity index is 275. The van der Waals surface area contributed by atoms with E-state index < -0.39 is 5.91 Å². The minimum Gasteiger partial charge on any atom is -0.397 e. The SMILES string of the molecule is Cc1cncc(N)c1C(N)=O. The van der Waals surface area contributed by atoms with Gasteiger partial charge >= 0.3 is 0 Å². The number of rotatable bonds is 1. The number of carbonyl (C=O) groups excluding carboxylic acids is 1. The van der Waals surface area contributed by atoms with Crippen molar-refractivity contribution in [2.45, 2.75) is 6.92 Å². The van der Waals surface area contributed by atoms with Crippen LogP contribution in [0.3, 0.4) is 0 Å². The van der Waals surface area contributed by atoms with Gasteiger partial charge in [-0.3, -0.25) is 9.78 Å². The third-order valence-corrected chi connectivity index (χ3v) is 1.41. The van der Waals surface area contributed by atoms with Crippen LogP contribution in [0.15, 0.2) is 12.4 Å². The second-order valence-corrected chi connectivity index (χ2v) is 2.28. The summed E-state index contributed by atoms with van der Waals surface area (Å²) in [6.07, 6.45) is 2.96. The average molecular weight is 151 g/mol. The first-order valence-electron chi connectivity index (χ1n) is 3.13. The van der Waals surface area contributed by atoms with Gasteiger partial charge in [0.1, 0.15) is 0 Å². The molecule has 58 valence electrons. The molecule has 0 unspecified atom stereocenters. The molecular formula is C7H9N3O. The number of nitrogens with zero attached hydrogens (tertiary/aromatic N) is 1. The molecule has 4 heteroatoms. The van der Waals surface area contributed by atoms with E-state index in [1.54, 1.807) is 13.1 Å². The molecule has 0 radical (unpaired) electrons. The van der Waals surface area contributed by atoms with E-state index in [9.17, 15) is 4.79 Å². The van der Waals surface area contributed by atoms with Crippen molar-refractivity contribution in [2.75, 3.05) is 5.73 Å². The van der Waals surface area contributed by atoms with Crippen molar-refractivity contribution in [3.8, 4) is 0 Å². The minimum atomic E-state index is -0.512. The van der Waals surface area contributed by atoms with Crippen molar-refractivity contribution in [2.24, 2.45) is 5.73 Å². The highest BCUT2D eigenvalue weighted by molar-refractivity contribution is 5.99. The topological polar surface area (TPSA) is 82.0 Å². The van der Waals surface area contributed by atoms with Crippen molar-refractivity contribution < 1.29 is 4.79 Å². The van der Waals surface area contributed by atoms with Crippen LogP contribution in [-0.2, 0) is 0 Å². The molecule has 0 saturated carbocycles. The Morgan fingerprint density at radius 1 is 1.55 bits per heavy atom. The molecule has 0 atom stereocenters. The predicted molar refractivity (Wildman–Crippen MR) is 41.9 cm³/mol. The number of aromatic nitrogens is 1. The van der Waals surface area contributed by atoms with Gasteiger partial charge < -0.3 is 11.5 Å². The average Bonchev–Trinajstić information content (AvgIpc) is 1.85. The second kappa shape index (κ2) is 2.57. The Labute approximate surface area is 64.2 Å². The molecule has 0 fully saturated rings. The lowest BCUT2D eigenvalue weighted by molar-refractivity contribution is 0.100. The highest BCUT2D eigenvalue weighted by Gasteiger charge is 2.07. The number of aryl methyl sites for hydroxylation is 1. The molecule has 0 aliphatic rings. The summed E-state index contributed by atoms with van der Waals surface area (Å²) in [5, 5.41) is 0. The first-order chi connectivity index (χ1) is 5.13. The lowest BCUT2D eigenvalue weighted by Gasteiger charge is -2.02. The van der Waals surface area contributed by atoms with Gasteiger partial charge in [-0.1, -0.05) is 0 Å². The maximum absolute atomic E-state index is 10.8. The Kier molecular flexibility index (Phi) is 1.76. The van der Waals surface area contributed by atoms with Crippen LogP contribution in [0, 0.1) is 6.92 Å². The molecule has 0 aromatic carbocycles. The third kappa shape index (κ3) is 1.29. The molecule has 4 N–H and O–H groups in total. The molecule has 1 heterocycles. The maximum Gasteiger partial charge on any atom is 0.251 e. The third-order valence-electron chi connectivity index (χ3n) is 1.41. The van der Waals surface area contributed by atoms with Crippen LogP contribution in [0.4, 0.5) is 5.69 Å².